The van der Waals surface area contributed by atoms with Crippen molar-refractivity contribution in [3.63, 3.8) is 0 Å². The number of aliphatic hydroxyl groups excluding tert-OH is 1. The second kappa shape index (κ2) is 5.45. The van der Waals surface area contributed by atoms with Crippen LogP contribution >= 0.6 is 0 Å². The van der Waals surface area contributed by atoms with Crippen LogP contribution in [0.25, 0.3) is 0 Å². The fourth-order valence-corrected chi connectivity index (χ4v) is 2.51. The van der Waals surface area contributed by atoms with Gasteiger partial charge in [-0.1, -0.05) is 6.92 Å². The molecule has 0 spiro atoms. The van der Waals surface area contributed by atoms with Crippen LogP contribution in [0.3, 0.4) is 0 Å². The lowest BCUT2D eigenvalue weighted by atomic mass is 9.93. The Morgan fingerprint density at radius 1 is 1.56 bits per heavy atom. The van der Waals surface area contributed by atoms with Gasteiger partial charge >= 0.3 is 0 Å². The molecule has 1 aliphatic rings. The van der Waals surface area contributed by atoms with E-state index in [1.165, 1.54) is 0 Å². The van der Waals surface area contributed by atoms with Gasteiger partial charge in [0.2, 0.25) is 0 Å². The maximum absolute atomic E-state index is 9.16. The van der Waals surface area contributed by atoms with Crippen LogP contribution in [0.4, 0.5) is 0 Å². The zero-order valence-corrected chi connectivity index (χ0v) is 11.0. The van der Waals surface area contributed by atoms with E-state index in [2.05, 4.69) is 38.0 Å². The molecule has 4 nitrogen and oxygen atoms in total. The van der Waals surface area contributed by atoms with Gasteiger partial charge in [-0.05, 0) is 33.2 Å². The summed E-state index contributed by atoms with van der Waals surface area (Å²) in [6.45, 7) is 8.29. The molecule has 4 atom stereocenters. The Kier molecular flexibility index (Phi) is 4.73. The fourth-order valence-electron chi connectivity index (χ4n) is 2.51. The molecule has 16 heavy (non-hydrogen) atoms. The largest absolute Gasteiger partial charge is 0.396 e. The predicted molar refractivity (Wildman–Crippen MR) is 67.3 cm³/mol. The molecule has 1 aliphatic heterocycles. The summed E-state index contributed by atoms with van der Waals surface area (Å²) in [6.07, 6.45) is 1.09. The molecule has 0 aromatic heterocycles. The lowest BCUT2D eigenvalue weighted by Crippen LogP contribution is -2.57. The lowest BCUT2D eigenvalue weighted by molar-refractivity contribution is 0.181. The van der Waals surface area contributed by atoms with E-state index >= 15 is 0 Å². The van der Waals surface area contributed by atoms with Gasteiger partial charge in [0.25, 0.3) is 0 Å². The SMILES string of the molecule is CC(CO)C(C)NC1(CN)CC(C)N(C)C1. The average molecular weight is 229 g/mol. The summed E-state index contributed by atoms with van der Waals surface area (Å²) >= 11 is 0. The number of aliphatic hydroxyl groups is 1. The zero-order chi connectivity index (χ0) is 12.3. The molecule has 0 aliphatic carbocycles. The molecule has 0 aromatic rings. The number of hydrogen-bond acceptors (Lipinski definition) is 4. The Bertz CT molecular complexity index is 212. The topological polar surface area (TPSA) is 61.5 Å². The number of hydrogen-bond donors (Lipinski definition) is 3. The van der Waals surface area contributed by atoms with Gasteiger partial charge in [0.15, 0.2) is 0 Å². The van der Waals surface area contributed by atoms with Crippen LogP contribution in [0, 0.1) is 5.92 Å². The molecule has 1 fully saturated rings. The number of nitrogens with zero attached hydrogens (tertiary/aromatic N) is 1. The highest BCUT2D eigenvalue weighted by molar-refractivity contribution is 5.02. The third-order valence-electron chi connectivity index (χ3n) is 4.06. The number of rotatable bonds is 5. The maximum atomic E-state index is 9.16. The van der Waals surface area contributed by atoms with Gasteiger partial charge in [-0.2, -0.15) is 0 Å². The van der Waals surface area contributed by atoms with E-state index in [9.17, 15) is 0 Å². The molecule has 4 N–H and O–H groups in total. The van der Waals surface area contributed by atoms with Crippen molar-refractivity contribution in [3.05, 3.63) is 0 Å². The van der Waals surface area contributed by atoms with Crippen molar-refractivity contribution in [2.45, 2.75) is 44.8 Å². The summed E-state index contributed by atoms with van der Waals surface area (Å²) in [7, 11) is 2.14. The summed E-state index contributed by atoms with van der Waals surface area (Å²) in [4.78, 5) is 2.34. The van der Waals surface area contributed by atoms with Crippen molar-refractivity contribution in [2.75, 3.05) is 26.7 Å². The molecular weight excluding hydrogens is 202 g/mol. The summed E-state index contributed by atoms with van der Waals surface area (Å²) < 4.78 is 0. The monoisotopic (exact) mass is 229 g/mol. The van der Waals surface area contributed by atoms with E-state index in [-0.39, 0.29) is 18.1 Å². The maximum Gasteiger partial charge on any atom is 0.0471 e. The van der Waals surface area contributed by atoms with Gasteiger partial charge < -0.3 is 21.1 Å². The first-order chi connectivity index (χ1) is 7.44. The molecule has 4 heteroatoms. The summed E-state index contributed by atoms with van der Waals surface area (Å²) in [5.74, 6) is 0.268. The van der Waals surface area contributed by atoms with Gasteiger partial charge in [0.1, 0.15) is 0 Å². The fraction of sp³-hybridized carbons (Fsp3) is 1.00. The molecule has 0 bridgehead atoms. The van der Waals surface area contributed by atoms with E-state index in [0.717, 1.165) is 13.0 Å². The second-order valence-corrected chi connectivity index (χ2v) is 5.55. The molecule has 0 saturated carbocycles. The van der Waals surface area contributed by atoms with E-state index in [0.29, 0.717) is 18.6 Å². The molecule has 4 unspecified atom stereocenters. The van der Waals surface area contributed by atoms with Crippen LogP contribution in [0.1, 0.15) is 27.2 Å². The molecule has 0 amide bonds. The van der Waals surface area contributed by atoms with Crippen molar-refractivity contribution in [1.29, 1.82) is 0 Å². The van der Waals surface area contributed by atoms with Gasteiger partial charge in [-0.3, -0.25) is 0 Å². The second-order valence-electron chi connectivity index (χ2n) is 5.55. The Balaban J connectivity index is 2.62. The van der Waals surface area contributed by atoms with Crippen LogP contribution < -0.4 is 11.1 Å². The van der Waals surface area contributed by atoms with Crippen molar-refractivity contribution >= 4 is 0 Å². The number of nitrogens with one attached hydrogen (secondary N) is 1. The number of nitrogens with two attached hydrogens (primary N) is 1. The number of likely N-dealkylation sites (N-methyl/N-ethyl adjacent to an activating group) is 1. The van der Waals surface area contributed by atoms with Gasteiger partial charge in [-0.15, -0.1) is 0 Å². The standard InChI is InChI=1S/C12H27N3O/c1-9(6-16)11(3)14-12(7-13)5-10(2)15(4)8-12/h9-11,14,16H,5-8,13H2,1-4H3. The Hall–Kier alpha value is -0.160. The highest BCUT2D eigenvalue weighted by atomic mass is 16.3. The molecule has 1 heterocycles. The third kappa shape index (κ3) is 2.94. The van der Waals surface area contributed by atoms with Crippen LogP contribution in [-0.2, 0) is 0 Å². The summed E-state index contributed by atoms with van der Waals surface area (Å²) in [5.41, 5.74) is 5.96. The van der Waals surface area contributed by atoms with Crippen LogP contribution in [0.5, 0.6) is 0 Å². The first-order valence-corrected chi connectivity index (χ1v) is 6.23. The van der Waals surface area contributed by atoms with E-state index in [1.54, 1.807) is 0 Å². The van der Waals surface area contributed by atoms with Gasteiger partial charge in [0.05, 0.1) is 0 Å². The van der Waals surface area contributed by atoms with E-state index in [4.69, 9.17) is 10.8 Å². The highest BCUT2D eigenvalue weighted by Gasteiger charge is 2.40. The molecule has 1 saturated heterocycles. The minimum Gasteiger partial charge on any atom is -0.396 e. The highest BCUT2D eigenvalue weighted by Crippen LogP contribution is 2.26. The Morgan fingerprint density at radius 3 is 2.56 bits per heavy atom. The van der Waals surface area contributed by atoms with Crippen LogP contribution in [0.15, 0.2) is 0 Å². The lowest BCUT2D eigenvalue weighted by Gasteiger charge is -2.34. The minimum atomic E-state index is 0.0248. The van der Waals surface area contributed by atoms with Crippen molar-refractivity contribution < 1.29 is 5.11 Å². The zero-order valence-electron chi connectivity index (χ0n) is 11.0. The predicted octanol–water partition coefficient (Wildman–Crippen LogP) is 0.0144. The Morgan fingerprint density at radius 2 is 2.19 bits per heavy atom. The number of likely N-dealkylation sites (tertiary alicyclic amines) is 1. The third-order valence-corrected chi connectivity index (χ3v) is 4.06. The van der Waals surface area contributed by atoms with Gasteiger partial charge in [-0.25, -0.2) is 0 Å². The molecular formula is C12H27N3O. The van der Waals surface area contributed by atoms with Crippen molar-refractivity contribution in [1.82, 2.24) is 10.2 Å². The smallest absolute Gasteiger partial charge is 0.0471 e. The van der Waals surface area contributed by atoms with Crippen LogP contribution in [-0.4, -0.2) is 54.4 Å². The molecule has 0 radical (unpaired) electrons. The molecule has 0 aromatic carbocycles. The molecule has 1 rings (SSSR count). The van der Waals surface area contributed by atoms with E-state index in [1.807, 2.05) is 0 Å². The van der Waals surface area contributed by atoms with E-state index < -0.39 is 0 Å². The summed E-state index contributed by atoms with van der Waals surface area (Å²) in [5, 5.41) is 12.8. The normalized spacial score (nSPS) is 35.2. The quantitative estimate of drug-likeness (QED) is 0.622. The van der Waals surface area contributed by atoms with Crippen molar-refractivity contribution in [3.8, 4) is 0 Å². The summed E-state index contributed by atoms with van der Waals surface area (Å²) in [6, 6.07) is 0.875. The van der Waals surface area contributed by atoms with Crippen molar-refractivity contribution in [2.24, 2.45) is 11.7 Å². The molecule has 96 valence electrons. The van der Waals surface area contributed by atoms with Gasteiger partial charge in [0, 0.05) is 37.3 Å². The average Bonchev–Trinajstić information content (AvgIpc) is 2.54. The minimum absolute atomic E-state index is 0.0248. The first kappa shape index (κ1) is 13.9. The first-order valence-electron chi connectivity index (χ1n) is 6.23. The Labute approximate surface area is 99.2 Å². The van der Waals surface area contributed by atoms with Crippen LogP contribution in [0.2, 0.25) is 0 Å².